The van der Waals surface area contributed by atoms with Gasteiger partial charge < -0.3 is 19.9 Å². The molecule has 0 fully saturated rings. The minimum atomic E-state index is 0.490. The van der Waals surface area contributed by atoms with Crippen molar-refractivity contribution in [3.05, 3.63) is 47.5 Å². The van der Waals surface area contributed by atoms with Crippen LogP contribution in [0.4, 0.5) is 0 Å². The highest BCUT2D eigenvalue weighted by Gasteiger charge is 2.05. The number of benzene rings is 1. The molecule has 0 saturated heterocycles. The second-order valence-corrected chi connectivity index (χ2v) is 6.03. The topological polar surface area (TPSA) is 76.4 Å². The smallest absolute Gasteiger partial charge is 0.191 e. The monoisotopic (exact) mass is 358 g/mol. The number of guanidine groups is 1. The van der Waals surface area contributed by atoms with Crippen molar-refractivity contribution in [3.8, 4) is 0 Å². The zero-order chi connectivity index (χ0) is 18.6. The number of ether oxygens (including phenoxy) is 1. The lowest BCUT2D eigenvalue weighted by atomic mass is 10.1. The number of nitrogens with one attached hydrogen (secondary N) is 2. The van der Waals surface area contributed by atoms with Crippen LogP contribution >= 0.6 is 0 Å². The van der Waals surface area contributed by atoms with Gasteiger partial charge in [0.1, 0.15) is 12.4 Å². The Hall–Kier alpha value is -2.41. The lowest BCUT2D eigenvalue weighted by Crippen LogP contribution is -2.39. The van der Waals surface area contributed by atoms with Gasteiger partial charge in [0.2, 0.25) is 0 Å². The molecule has 0 amide bonds. The Balaban J connectivity index is 1.87. The van der Waals surface area contributed by atoms with Crippen LogP contribution in [0, 0.1) is 6.92 Å². The standard InChI is InChI=1S/C19H30N6O/c1-4-26-14-8-12-20-19(21-13-11-17-9-6-5-7-10-17)22-15-18-24-23-16(2)25(18)3/h5-7,9-10H,4,8,11-15H2,1-3H3,(H2,20,21,22). The number of aromatic nitrogens is 3. The van der Waals surface area contributed by atoms with Gasteiger partial charge >= 0.3 is 0 Å². The van der Waals surface area contributed by atoms with Gasteiger partial charge in [0.25, 0.3) is 0 Å². The number of aliphatic imine (C=N–C) groups is 1. The van der Waals surface area contributed by atoms with E-state index in [1.54, 1.807) is 0 Å². The summed E-state index contributed by atoms with van der Waals surface area (Å²) in [5, 5.41) is 15.0. The van der Waals surface area contributed by atoms with E-state index in [-0.39, 0.29) is 0 Å². The zero-order valence-electron chi connectivity index (χ0n) is 16.0. The molecule has 142 valence electrons. The van der Waals surface area contributed by atoms with E-state index in [2.05, 4.69) is 50.1 Å². The van der Waals surface area contributed by atoms with Gasteiger partial charge in [-0.1, -0.05) is 30.3 Å². The summed E-state index contributed by atoms with van der Waals surface area (Å²) in [6, 6.07) is 10.4. The maximum atomic E-state index is 5.38. The molecule has 0 unspecified atom stereocenters. The fourth-order valence-corrected chi connectivity index (χ4v) is 2.41. The van der Waals surface area contributed by atoms with Crippen LogP contribution < -0.4 is 10.6 Å². The van der Waals surface area contributed by atoms with Crippen LogP contribution in [0.3, 0.4) is 0 Å². The highest BCUT2D eigenvalue weighted by Crippen LogP contribution is 2.00. The second-order valence-electron chi connectivity index (χ2n) is 6.03. The van der Waals surface area contributed by atoms with E-state index >= 15 is 0 Å². The highest BCUT2D eigenvalue weighted by molar-refractivity contribution is 5.79. The van der Waals surface area contributed by atoms with Crippen LogP contribution in [0.15, 0.2) is 35.3 Å². The van der Waals surface area contributed by atoms with Crippen LogP contribution in [0.25, 0.3) is 0 Å². The molecule has 0 bridgehead atoms. The molecular weight excluding hydrogens is 328 g/mol. The fourth-order valence-electron chi connectivity index (χ4n) is 2.41. The summed E-state index contributed by atoms with van der Waals surface area (Å²) < 4.78 is 7.34. The van der Waals surface area contributed by atoms with Gasteiger partial charge in [-0.15, -0.1) is 10.2 Å². The van der Waals surface area contributed by atoms with Gasteiger partial charge in [-0.3, -0.25) is 0 Å². The summed E-state index contributed by atoms with van der Waals surface area (Å²) in [6.45, 7) is 7.57. The molecule has 0 aliphatic heterocycles. The summed E-state index contributed by atoms with van der Waals surface area (Å²) in [5.41, 5.74) is 1.31. The molecule has 0 spiro atoms. The first-order chi connectivity index (χ1) is 12.7. The van der Waals surface area contributed by atoms with Crippen LogP contribution in [0.1, 0.15) is 30.6 Å². The fraction of sp³-hybridized carbons (Fsp3) is 0.526. The minimum Gasteiger partial charge on any atom is -0.382 e. The summed E-state index contributed by atoms with van der Waals surface area (Å²) >= 11 is 0. The van der Waals surface area contributed by atoms with Crippen molar-refractivity contribution >= 4 is 5.96 Å². The minimum absolute atomic E-state index is 0.490. The van der Waals surface area contributed by atoms with Gasteiger partial charge in [-0.05, 0) is 32.3 Å². The first kappa shape index (κ1) is 19.9. The van der Waals surface area contributed by atoms with Crippen molar-refractivity contribution in [2.75, 3.05) is 26.3 Å². The number of hydrogen-bond acceptors (Lipinski definition) is 4. The Bertz CT molecular complexity index is 668. The Morgan fingerprint density at radius 2 is 1.92 bits per heavy atom. The van der Waals surface area contributed by atoms with E-state index in [9.17, 15) is 0 Å². The van der Waals surface area contributed by atoms with E-state index in [0.29, 0.717) is 6.54 Å². The quantitative estimate of drug-likeness (QED) is 0.385. The van der Waals surface area contributed by atoms with Crippen LogP contribution in [0.2, 0.25) is 0 Å². The third-order valence-electron chi connectivity index (χ3n) is 4.07. The predicted molar refractivity (Wildman–Crippen MR) is 104 cm³/mol. The molecular formula is C19H30N6O. The van der Waals surface area contributed by atoms with E-state index in [4.69, 9.17) is 4.74 Å². The highest BCUT2D eigenvalue weighted by atomic mass is 16.5. The molecule has 2 aromatic rings. The van der Waals surface area contributed by atoms with E-state index in [1.165, 1.54) is 5.56 Å². The number of nitrogens with zero attached hydrogens (tertiary/aromatic N) is 4. The Morgan fingerprint density at radius 3 is 2.62 bits per heavy atom. The summed E-state index contributed by atoms with van der Waals surface area (Å²) in [4.78, 5) is 4.65. The molecule has 0 radical (unpaired) electrons. The van der Waals surface area contributed by atoms with Gasteiger partial charge in [0, 0.05) is 33.4 Å². The van der Waals surface area contributed by atoms with Gasteiger partial charge in [0.15, 0.2) is 11.8 Å². The lowest BCUT2D eigenvalue weighted by Gasteiger charge is -2.13. The molecule has 2 rings (SSSR count). The third-order valence-corrected chi connectivity index (χ3v) is 4.07. The van der Waals surface area contributed by atoms with Crippen LogP contribution in [-0.4, -0.2) is 47.0 Å². The maximum absolute atomic E-state index is 5.38. The van der Waals surface area contributed by atoms with Gasteiger partial charge in [-0.25, -0.2) is 4.99 Å². The van der Waals surface area contributed by atoms with Crippen molar-refractivity contribution in [2.45, 2.75) is 33.2 Å². The Labute approximate surface area is 155 Å². The normalized spacial score (nSPS) is 11.6. The first-order valence-electron chi connectivity index (χ1n) is 9.19. The molecule has 1 aromatic carbocycles. The average molecular weight is 358 g/mol. The number of hydrogen-bond donors (Lipinski definition) is 2. The van der Waals surface area contributed by atoms with Crippen molar-refractivity contribution in [1.29, 1.82) is 0 Å². The van der Waals surface area contributed by atoms with Crippen LogP contribution in [0.5, 0.6) is 0 Å². The average Bonchev–Trinajstić information content (AvgIpc) is 2.98. The van der Waals surface area contributed by atoms with Crippen molar-refractivity contribution in [2.24, 2.45) is 12.0 Å². The van der Waals surface area contributed by atoms with Crippen molar-refractivity contribution in [1.82, 2.24) is 25.4 Å². The number of rotatable bonds is 10. The van der Waals surface area contributed by atoms with Gasteiger partial charge in [0.05, 0.1) is 0 Å². The molecule has 0 aliphatic rings. The predicted octanol–water partition coefficient (Wildman–Crippen LogP) is 1.83. The summed E-state index contributed by atoms with van der Waals surface area (Å²) in [7, 11) is 1.96. The number of aryl methyl sites for hydroxylation is 1. The van der Waals surface area contributed by atoms with E-state index < -0.39 is 0 Å². The Kier molecular flexibility index (Phi) is 8.62. The summed E-state index contributed by atoms with van der Waals surface area (Å²) in [5.74, 6) is 2.53. The SMILES string of the molecule is CCOCCCNC(=NCc1nnc(C)n1C)NCCc1ccccc1. The first-order valence-corrected chi connectivity index (χ1v) is 9.19. The molecule has 7 heteroatoms. The third kappa shape index (κ3) is 6.84. The Morgan fingerprint density at radius 1 is 1.15 bits per heavy atom. The zero-order valence-corrected chi connectivity index (χ0v) is 16.0. The molecule has 0 saturated carbocycles. The van der Waals surface area contributed by atoms with E-state index in [1.807, 2.05) is 31.5 Å². The molecule has 2 N–H and O–H groups in total. The molecule has 7 nitrogen and oxygen atoms in total. The molecule has 1 heterocycles. The summed E-state index contributed by atoms with van der Waals surface area (Å²) in [6.07, 6.45) is 1.89. The molecule has 0 aliphatic carbocycles. The van der Waals surface area contributed by atoms with Gasteiger partial charge in [-0.2, -0.15) is 0 Å². The molecule has 1 aromatic heterocycles. The van der Waals surface area contributed by atoms with Crippen LogP contribution in [-0.2, 0) is 24.8 Å². The molecule has 26 heavy (non-hydrogen) atoms. The van der Waals surface area contributed by atoms with Crippen molar-refractivity contribution < 1.29 is 4.74 Å². The largest absolute Gasteiger partial charge is 0.382 e. The van der Waals surface area contributed by atoms with Crippen molar-refractivity contribution in [3.63, 3.8) is 0 Å². The molecule has 0 atom stereocenters. The second kappa shape index (κ2) is 11.3. The van der Waals surface area contributed by atoms with E-state index in [0.717, 1.165) is 56.8 Å². The maximum Gasteiger partial charge on any atom is 0.191 e. The lowest BCUT2D eigenvalue weighted by molar-refractivity contribution is 0.145.